The van der Waals surface area contributed by atoms with E-state index >= 15 is 0 Å². The monoisotopic (exact) mass is 484 g/mol. The van der Waals surface area contributed by atoms with Crippen molar-refractivity contribution >= 4 is 6.21 Å². The zero-order valence-corrected chi connectivity index (χ0v) is 21.1. The molecule has 0 saturated carbocycles. The smallest absolute Gasteiger partial charge is 0.125 e. The van der Waals surface area contributed by atoms with Crippen molar-refractivity contribution in [3.8, 4) is 5.75 Å². The second kappa shape index (κ2) is 13.4. The topological polar surface area (TPSA) is 63.3 Å². The number of benzene rings is 3. The molecule has 36 heavy (non-hydrogen) atoms. The van der Waals surface area contributed by atoms with Gasteiger partial charge in [0.05, 0.1) is 11.9 Å². The minimum Gasteiger partial charge on any atom is -0.492 e. The lowest BCUT2D eigenvalue weighted by Crippen LogP contribution is -2.46. The van der Waals surface area contributed by atoms with Gasteiger partial charge in [-0.3, -0.25) is 4.90 Å². The predicted molar refractivity (Wildman–Crippen MR) is 146 cm³/mol. The van der Waals surface area contributed by atoms with E-state index in [1.807, 2.05) is 48.5 Å². The highest BCUT2D eigenvalue weighted by Gasteiger charge is 2.22. The maximum atomic E-state index is 6.32. The number of aryl methyl sites for hydroxylation is 1. The largest absolute Gasteiger partial charge is 0.492 e. The van der Waals surface area contributed by atoms with Crippen molar-refractivity contribution in [1.29, 1.82) is 0 Å². The minimum absolute atomic E-state index is 0.437. The molecule has 0 radical (unpaired) electrons. The van der Waals surface area contributed by atoms with Crippen LogP contribution in [0.2, 0.25) is 0 Å². The van der Waals surface area contributed by atoms with Gasteiger partial charge in [0.2, 0.25) is 0 Å². The van der Waals surface area contributed by atoms with Crippen LogP contribution in [0.5, 0.6) is 5.75 Å². The Morgan fingerprint density at radius 2 is 1.56 bits per heavy atom. The molecule has 1 aliphatic heterocycles. The van der Waals surface area contributed by atoms with Crippen LogP contribution in [0.1, 0.15) is 16.7 Å². The third-order valence-electron chi connectivity index (χ3n) is 6.26. The number of hydrogen-bond donors (Lipinski definition) is 1. The molecule has 6 heteroatoms. The van der Waals surface area contributed by atoms with Gasteiger partial charge in [-0.2, -0.15) is 5.10 Å². The van der Waals surface area contributed by atoms with Crippen molar-refractivity contribution in [3.05, 3.63) is 113 Å². The molecule has 3 aromatic rings. The molecule has 2 N–H and O–H groups in total. The Balaban J connectivity index is 1.44. The van der Waals surface area contributed by atoms with E-state index in [0.717, 1.165) is 49.9 Å². The highest BCUT2D eigenvalue weighted by molar-refractivity contribution is 5.78. The molecule has 1 saturated heterocycles. The Morgan fingerprint density at radius 1 is 0.861 bits per heavy atom. The van der Waals surface area contributed by atoms with Crippen molar-refractivity contribution in [3.63, 3.8) is 0 Å². The van der Waals surface area contributed by atoms with Crippen molar-refractivity contribution in [2.45, 2.75) is 19.9 Å². The number of hydrogen-bond acceptors (Lipinski definition) is 6. The second-order valence-electron chi connectivity index (χ2n) is 9.01. The molecule has 0 atom stereocenters. The zero-order chi connectivity index (χ0) is 25.0. The minimum atomic E-state index is 0.437. The Kier molecular flexibility index (Phi) is 9.39. The quantitative estimate of drug-likeness (QED) is 0.142. The van der Waals surface area contributed by atoms with Crippen LogP contribution in [0.4, 0.5) is 0 Å². The maximum Gasteiger partial charge on any atom is 0.125 e. The van der Waals surface area contributed by atoms with Crippen molar-refractivity contribution in [2.75, 3.05) is 39.4 Å². The average molecular weight is 485 g/mol. The highest BCUT2D eigenvalue weighted by Crippen LogP contribution is 2.19. The van der Waals surface area contributed by atoms with Crippen LogP contribution in [0, 0.1) is 6.92 Å². The summed E-state index contributed by atoms with van der Waals surface area (Å²) in [6.45, 7) is 7.70. The molecule has 0 aromatic heterocycles. The molecule has 0 unspecified atom stereocenters. The molecular weight excluding hydrogens is 448 g/mol. The van der Waals surface area contributed by atoms with Crippen LogP contribution < -0.4 is 10.6 Å². The number of rotatable bonds is 11. The van der Waals surface area contributed by atoms with Crippen LogP contribution >= 0.6 is 0 Å². The maximum absolute atomic E-state index is 6.32. The lowest BCUT2D eigenvalue weighted by Gasteiger charge is -2.37. The van der Waals surface area contributed by atoms with Crippen LogP contribution in [-0.4, -0.2) is 55.4 Å². The summed E-state index contributed by atoms with van der Waals surface area (Å²) in [5.74, 6) is 7.36. The molecule has 0 spiro atoms. The van der Waals surface area contributed by atoms with Gasteiger partial charge >= 0.3 is 0 Å². The van der Waals surface area contributed by atoms with E-state index in [0.29, 0.717) is 19.6 Å². The Hall–Kier alpha value is -3.77. The van der Waals surface area contributed by atoms with Gasteiger partial charge < -0.3 is 20.2 Å². The number of nitrogens with zero attached hydrogens (tertiary/aromatic N) is 3. The van der Waals surface area contributed by atoms with Gasteiger partial charge in [0, 0.05) is 39.1 Å². The molecule has 1 heterocycles. The van der Waals surface area contributed by atoms with Gasteiger partial charge in [0.15, 0.2) is 0 Å². The van der Waals surface area contributed by atoms with Crippen molar-refractivity contribution < 1.29 is 9.47 Å². The third kappa shape index (κ3) is 7.62. The SMILES string of the molecule is Cc1cccc(CN2CCN(C(/C=N\N)=C(/Cc3ccccc3)OCCOc3ccccc3)CC2)c1. The summed E-state index contributed by atoms with van der Waals surface area (Å²) in [7, 11) is 0. The normalized spacial score (nSPS) is 15.1. The predicted octanol–water partition coefficient (Wildman–Crippen LogP) is 4.61. The summed E-state index contributed by atoms with van der Waals surface area (Å²) in [5.41, 5.74) is 4.78. The van der Waals surface area contributed by atoms with Gasteiger partial charge in [-0.05, 0) is 30.2 Å². The summed E-state index contributed by atoms with van der Waals surface area (Å²) < 4.78 is 12.2. The third-order valence-corrected chi connectivity index (χ3v) is 6.26. The van der Waals surface area contributed by atoms with E-state index in [1.165, 1.54) is 16.7 Å². The fraction of sp³-hybridized carbons (Fsp3) is 0.300. The van der Waals surface area contributed by atoms with Gasteiger partial charge in [-0.15, -0.1) is 0 Å². The first-order chi connectivity index (χ1) is 17.7. The first-order valence-corrected chi connectivity index (χ1v) is 12.5. The summed E-state index contributed by atoms with van der Waals surface area (Å²) in [4.78, 5) is 4.83. The average Bonchev–Trinajstić information content (AvgIpc) is 2.91. The molecule has 0 bridgehead atoms. The van der Waals surface area contributed by atoms with Gasteiger partial charge in [0.25, 0.3) is 0 Å². The number of allylic oxidation sites excluding steroid dienone is 2. The standard InChI is InChI=1S/C30H36N4O2/c1-25-9-8-12-27(21-25)24-33-15-17-34(18-16-33)29(23-32-31)30(22-26-10-4-2-5-11-26)36-20-19-35-28-13-6-3-7-14-28/h2-14,21,23H,15-20,22,24,31H2,1H3/b30-29-,32-23-. The van der Waals surface area contributed by atoms with Crippen LogP contribution in [-0.2, 0) is 17.7 Å². The Bertz CT molecular complexity index is 1120. The van der Waals surface area contributed by atoms with E-state index in [-0.39, 0.29) is 0 Å². The number of hydrazone groups is 1. The number of nitrogens with two attached hydrogens (primary N) is 1. The summed E-state index contributed by atoms with van der Waals surface area (Å²) in [6.07, 6.45) is 2.39. The van der Waals surface area contributed by atoms with E-state index in [4.69, 9.17) is 15.3 Å². The molecule has 0 amide bonds. The Labute approximate surface area is 214 Å². The van der Waals surface area contributed by atoms with Crippen molar-refractivity contribution in [2.24, 2.45) is 10.9 Å². The van der Waals surface area contributed by atoms with Crippen LogP contribution in [0.25, 0.3) is 0 Å². The zero-order valence-electron chi connectivity index (χ0n) is 21.1. The number of ether oxygens (including phenoxy) is 2. The fourth-order valence-electron chi connectivity index (χ4n) is 4.45. The lowest BCUT2D eigenvalue weighted by atomic mass is 10.1. The molecular formula is C30H36N4O2. The summed E-state index contributed by atoms with van der Waals surface area (Å²) in [5, 5.41) is 3.90. The van der Waals surface area contributed by atoms with E-state index < -0.39 is 0 Å². The van der Waals surface area contributed by atoms with E-state index in [9.17, 15) is 0 Å². The van der Waals surface area contributed by atoms with Crippen LogP contribution in [0.15, 0.2) is 101 Å². The second-order valence-corrected chi connectivity index (χ2v) is 9.01. The summed E-state index contributed by atoms with van der Waals surface area (Å²) >= 11 is 0. The molecule has 1 aliphatic rings. The molecule has 188 valence electrons. The van der Waals surface area contributed by atoms with Gasteiger partial charge in [-0.25, -0.2) is 0 Å². The highest BCUT2D eigenvalue weighted by atomic mass is 16.5. The van der Waals surface area contributed by atoms with E-state index in [2.05, 4.69) is 58.2 Å². The van der Waals surface area contributed by atoms with Gasteiger partial charge in [0.1, 0.15) is 24.7 Å². The first-order valence-electron chi connectivity index (χ1n) is 12.5. The number of piperazine rings is 1. The summed E-state index contributed by atoms with van der Waals surface area (Å²) in [6, 6.07) is 28.9. The van der Waals surface area contributed by atoms with Crippen molar-refractivity contribution in [1.82, 2.24) is 9.80 Å². The fourth-order valence-corrected chi connectivity index (χ4v) is 4.45. The Morgan fingerprint density at radius 3 is 2.25 bits per heavy atom. The molecule has 4 rings (SSSR count). The van der Waals surface area contributed by atoms with E-state index in [1.54, 1.807) is 6.21 Å². The van der Waals surface area contributed by atoms with Gasteiger partial charge in [-0.1, -0.05) is 78.4 Å². The molecule has 3 aromatic carbocycles. The molecule has 1 fully saturated rings. The van der Waals surface area contributed by atoms with Crippen LogP contribution in [0.3, 0.4) is 0 Å². The molecule has 6 nitrogen and oxygen atoms in total. The first kappa shape index (κ1) is 25.3. The number of para-hydroxylation sites is 1. The molecule has 0 aliphatic carbocycles. The lowest BCUT2D eigenvalue weighted by molar-refractivity contribution is 0.129.